The van der Waals surface area contributed by atoms with E-state index < -0.39 is 5.97 Å². The van der Waals surface area contributed by atoms with Gasteiger partial charge in [0.25, 0.3) is 0 Å². The predicted molar refractivity (Wildman–Crippen MR) is 73.4 cm³/mol. The highest BCUT2D eigenvalue weighted by molar-refractivity contribution is 5.88. The van der Waals surface area contributed by atoms with Crippen LogP contribution in [0.15, 0.2) is 30.5 Å². The maximum atomic E-state index is 11.1. The Bertz CT molecular complexity index is 685. The minimum atomic E-state index is -0.993. The zero-order valence-corrected chi connectivity index (χ0v) is 11.2. The summed E-state index contributed by atoms with van der Waals surface area (Å²) in [5.74, 6) is -0.993. The van der Waals surface area contributed by atoms with Gasteiger partial charge in [-0.05, 0) is 18.2 Å². The van der Waals surface area contributed by atoms with E-state index in [2.05, 4.69) is 11.2 Å². The normalized spacial score (nSPS) is 10.1. The van der Waals surface area contributed by atoms with Crippen molar-refractivity contribution >= 4 is 11.7 Å². The molecule has 0 saturated carbocycles. The van der Waals surface area contributed by atoms with Crippen LogP contribution in [0.25, 0.3) is 0 Å². The van der Waals surface area contributed by atoms with Gasteiger partial charge in [-0.25, -0.2) is 4.79 Å². The first-order valence-corrected chi connectivity index (χ1v) is 5.98. The molecule has 0 radical (unpaired) electrons. The van der Waals surface area contributed by atoms with Gasteiger partial charge in [0, 0.05) is 19.8 Å². The Kier molecular flexibility index (Phi) is 3.71. The van der Waals surface area contributed by atoms with Gasteiger partial charge in [-0.15, -0.1) is 0 Å². The van der Waals surface area contributed by atoms with Crippen molar-refractivity contribution in [3.8, 4) is 6.07 Å². The topological polar surface area (TPSA) is 82.2 Å². The summed E-state index contributed by atoms with van der Waals surface area (Å²) >= 11 is 0. The number of benzene rings is 1. The van der Waals surface area contributed by atoms with Gasteiger partial charge in [-0.2, -0.15) is 10.4 Å². The van der Waals surface area contributed by atoms with Crippen molar-refractivity contribution in [1.82, 2.24) is 9.78 Å². The molecule has 0 aliphatic carbocycles. The molecule has 0 aliphatic heterocycles. The van der Waals surface area contributed by atoms with E-state index in [9.17, 15) is 4.79 Å². The molecule has 0 fully saturated rings. The second kappa shape index (κ2) is 5.45. The van der Waals surface area contributed by atoms with Crippen LogP contribution < -0.4 is 4.90 Å². The summed E-state index contributed by atoms with van der Waals surface area (Å²) in [6, 6.07) is 9.24. The van der Waals surface area contributed by atoms with Gasteiger partial charge in [0.2, 0.25) is 0 Å². The van der Waals surface area contributed by atoms with Gasteiger partial charge >= 0.3 is 5.97 Å². The molecular weight excluding hydrogens is 256 g/mol. The molecule has 0 aliphatic rings. The van der Waals surface area contributed by atoms with Crippen LogP contribution in [0.1, 0.15) is 21.6 Å². The number of nitrogens with zero attached hydrogens (tertiary/aromatic N) is 4. The molecule has 0 atom stereocenters. The summed E-state index contributed by atoms with van der Waals surface area (Å²) in [5, 5.41) is 22.0. The summed E-state index contributed by atoms with van der Waals surface area (Å²) in [6.45, 7) is 0.396. The summed E-state index contributed by atoms with van der Waals surface area (Å²) < 4.78 is 1.55. The van der Waals surface area contributed by atoms with Gasteiger partial charge in [-0.1, -0.05) is 6.07 Å². The van der Waals surface area contributed by atoms with Crippen LogP contribution in [0, 0.1) is 11.3 Å². The van der Waals surface area contributed by atoms with Crippen LogP contribution in [0.4, 0.5) is 5.69 Å². The number of hydrogen-bond donors (Lipinski definition) is 1. The fourth-order valence-corrected chi connectivity index (χ4v) is 1.96. The smallest absolute Gasteiger partial charge is 0.339 e. The van der Waals surface area contributed by atoms with Crippen LogP contribution >= 0.6 is 0 Å². The van der Waals surface area contributed by atoms with Gasteiger partial charge in [0.1, 0.15) is 5.56 Å². The lowest BCUT2D eigenvalue weighted by Gasteiger charge is -2.20. The summed E-state index contributed by atoms with van der Waals surface area (Å²) in [7, 11) is 3.55. The summed E-state index contributed by atoms with van der Waals surface area (Å²) in [5.41, 5.74) is 2.22. The van der Waals surface area contributed by atoms with Gasteiger partial charge < -0.3 is 10.0 Å². The number of carboxylic acids is 1. The minimum absolute atomic E-state index is 0.191. The lowest BCUT2D eigenvalue weighted by molar-refractivity contribution is 0.0695. The van der Waals surface area contributed by atoms with E-state index in [0.29, 0.717) is 17.8 Å². The molecule has 1 aromatic carbocycles. The number of carboxylic acid groups (broad SMARTS) is 1. The van der Waals surface area contributed by atoms with Crippen LogP contribution in [-0.4, -0.2) is 27.9 Å². The first-order valence-electron chi connectivity index (χ1n) is 5.98. The molecular formula is C14H14N4O2. The summed E-state index contributed by atoms with van der Waals surface area (Å²) in [4.78, 5) is 13.0. The SMILES string of the molecule is CN(Cc1c(C(=O)O)cnn1C)c1cccc(C#N)c1. The Hall–Kier alpha value is -2.81. The van der Waals surface area contributed by atoms with Crippen molar-refractivity contribution < 1.29 is 9.90 Å². The first-order chi connectivity index (χ1) is 9.52. The van der Waals surface area contributed by atoms with E-state index in [1.54, 1.807) is 29.9 Å². The molecule has 102 valence electrons. The lowest BCUT2D eigenvalue weighted by atomic mass is 10.2. The van der Waals surface area contributed by atoms with Crippen molar-refractivity contribution in [3.05, 3.63) is 47.3 Å². The molecule has 0 amide bonds. The second-order valence-corrected chi connectivity index (χ2v) is 4.45. The number of carbonyl (C=O) groups is 1. The Morgan fingerprint density at radius 2 is 2.30 bits per heavy atom. The Balaban J connectivity index is 2.28. The molecule has 0 bridgehead atoms. The number of hydrogen-bond acceptors (Lipinski definition) is 4. The number of aromatic nitrogens is 2. The molecule has 1 N–H and O–H groups in total. The molecule has 2 rings (SSSR count). The molecule has 20 heavy (non-hydrogen) atoms. The molecule has 1 aromatic heterocycles. The third kappa shape index (κ3) is 2.62. The Morgan fingerprint density at radius 3 is 2.95 bits per heavy atom. The van der Waals surface area contributed by atoms with Gasteiger partial charge in [0.05, 0.1) is 30.1 Å². The van der Waals surface area contributed by atoms with E-state index in [1.165, 1.54) is 6.20 Å². The van der Waals surface area contributed by atoms with Crippen molar-refractivity contribution in [2.24, 2.45) is 7.05 Å². The standard InChI is InChI=1S/C14H14N4O2/c1-17(11-5-3-4-10(6-11)7-15)9-13-12(14(19)20)8-16-18(13)2/h3-6,8H,9H2,1-2H3,(H,19,20). The zero-order valence-electron chi connectivity index (χ0n) is 11.2. The fraction of sp³-hybridized carbons (Fsp3) is 0.214. The molecule has 0 unspecified atom stereocenters. The van der Waals surface area contributed by atoms with Crippen molar-refractivity contribution in [3.63, 3.8) is 0 Å². The highest BCUT2D eigenvalue weighted by Gasteiger charge is 2.16. The van der Waals surface area contributed by atoms with Crippen LogP contribution in [0.3, 0.4) is 0 Å². The van der Waals surface area contributed by atoms with Crippen LogP contribution in [0.5, 0.6) is 0 Å². The quantitative estimate of drug-likeness (QED) is 0.913. The zero-order chi connectivity index (χ0) is 14.7. The average molecular weight is 270 g/mol. The summed E-state index contributed by atoms with van der Waals surface area (Å²) in [6.07, 6.45) is 1.34. The van der Waals surface area contributed by atoms with Gasteiger partial charge in [-0.3, -0.25) is 4.68 Å². The largest absolute Gasteiger partial charge is 0.478 e. The van der Waals surface area contributed by atoms with Gasteiger partial charge in [0.15, 0.2) is 0 Å². The average Bonchev–Trinajstić information content (AvgIpc) is 2.80. The molecule has 0 saturated heterocycles. The van der Waals surface area contributed by atoms with Crippen molar-refractivity contribution in [2.45, 2.75) is 6.54 Å². The highest BCUT2D eigenvalue weighted by atomic mass is 16.4. The molecule has 6 heteroatoms. The Morgan fingerprint density at radius 1 is 1.55 bits per heavy atom. The number of aryl methyl sites for hydroxylation is 1. The monoisotopic (exact) mass is 270 g/mol. The third-order valence-electron chi connectivity index (χ3n) is 3.09. The predicted octanol–water partition coefficient (Wildman–Crippen LogP) is 1.63. The van der Waals surface area contributed by atoms with Crippen molar-refractivity contribution in [1.29, 1.82) is 5.26 Å². The first kappa shape index (κ1) is 13.6. The van der Waals surface area contributed by atoms with Crippen LogP contribution in [-0.2, 0) is 13.6 Å². The second-order valence-electron chi connectivity index (χ2n) is 4.45. The van der Waals surface area contributed by atoms with E-state index >= 15 is 0 Å². The lowest BCUT2D eigenvalue weighted by Crippen LogP contribution is -2.20. The van der Waals surface area contributed by atoms with E-state index in [-0.39, 0.29) is 5.56 Å². The molecule has 6 nitrogen and oxygen atoms in total. The third-order valence-corrected chi connectivity index (χ3v) is 3.09. The molecule has 0 spiro atoms. The number of aromatic carboxylic acids is 1. The Labute approximate surface area is 116 Å². The fourth-order valence-electron chi connectivity index (χ4n) is 1.96. The minimum Gasteiger partial charge on any atom is -0.478 e. The number of anilines is 1. The van der Waals surface area contributed by atoms with E-state index in [0.717, 1.165) is 5.69 Å². The number of rotatable bonds is 4. The molecule has 1 heterocycles. The van der Waals surface area contributed by atoms with E-state index in [4.69, 9.17) is 10.4 Å². The van der Waals surface area contributed by atoms with E-state index in [1.807, 2.05) is 18.0 Å². The highest BCUT2D eigenvalue weighted by Crippen LogP contribution is 2.18. The number of nitriles is 1. The van der Waals surface area contributed by atoms with Crippen LogP contribution in [0.2, 0.25) is 0 Å². The van der Waals surface area contributed by atoms with Crippen molar-refractivity contribution in [2.75, 3.05) is 11.9 Å². The molecule has 2 aromatic rings. The maximum Gasteiger partial charge on any atom is 0.339 e. The maximum absolute atomic E-state index is 11.1.